The largest absolute Gasteiger partial charge is 0.370 e. The van der Waals surface area contributed by atoms with Gasteiger partial charge >= 0.3 is 0 Å². The molecular formula is C17H18F2N2O2S. The van der Waals surface area contributed by atoms with Gasteiger partial charge in [-0.2, -0.15) is 0 Å². The highest BCUT2D eigenvalue weighted by Gasteiger charge is 2.20. The number of hydrogen-bond acceptors (Lipinski definition) is 3. The minimum atomic E-state index is -4.08. The number of nitrogens with zero attached hydrogens (tertiary/aromatic N) is 1. The molecule has 2 aromatic rings. The molecule has 0 amide bonds. The first-order valence-corrected chi connectivity index (χ1v) is 9.27. The lowest BCUT2D eigenvalue weighted by Crippen LogP contribution is -2.30. The number of para-hydroxylation sites is 2. The van der Waals surface area contributed by atoms with Crippen LogP contribution in [0.15, 0.2) is 47.4 Å². The summed E-state index contributed by atoms with van der Waals surface area (Å²) in [7, 11) is -4.08. The maximum absolute atomic E-state index is 13.3. The lowest BCUT2D eigenvalue weighted by molar-refractivity contribution is 0.568. The van der Waals surface area contributed by atoms with E-state index in [0.29, 0.717) is 11.8 Å². The third kappa shape index (κ3) is 3.67. The maximum Gasteiger partial charge on any atom is 0.262 e. The molecule has 1 heterocycles. The summed E-state index contributed by atoms with van der Waals surface area (Å²) in [5.74, 6) is -1.86. The van der Waals surface area contributed by atoms with E-state index in [-0.39, 0.29) is 0 Å². The first-order valence-electron chi connectivity index (χ1n) is 7.79. The van der Waals surface area contributed by atoms with Gasteiger partial charge in [0.2, 0.25) is 0 Å². The van der Waals surface area contributed by atoms with Gasteiger partial charge < -0.3 is 4.90 Å². The zero-order chi connectivity index (χ0) is 17.2. The number of rotatable bonds is 4. The standard InChI is InChI=1S/C17H18F2N2O2S/c18-13-10-14(19)12-15(11-13)24(22,23)20-16-6-2-3-7-17(16)21-8-4-1-5-9-21/h2-3,6-7,10-12,20H,1,4-5,8-9H2. The van der Waals surface area contributed by atoms with E-state index in [1.165, 1.54) is 0 Å². The zero-order valence-electron chi connectivity index (χ0n) is 13.0. The SMILES string of the molecule is O=S(=O)(Nc1ccccc1N1CCCCC1)c1cc(F)cc(F)c1. The van der Waals surface area contributed by atoms with Crippen LogP contribution in [0.2, 0.25) is 0 Å². The van der Waals surface area contributed by atoms with Crippen LogP contribution in [0.5, 0.6) is 0 Å². The molecule has 1 fully saturated rings. The van der Waals surface area contributed by atoms with E-state index in [1.54, 1.807) is 12.1 Å². The first-order chi connectivity index (χ1) is 11.5. The van der Waals surface area contributed by atoms with E-state index in [1.807, 2.05) is 12.1 Å². The van der Waals surface area contributed by atoms with Crippen molar-refractivity contribution in [1.82, 2.24) is 0 Å². The number of hydrogen-bond donors (Lipinski definition) is 1. The van der Waals surface area contributed by atoms with Crippen molar-refractivity contribution in [3.63, 3.8) is 0 Å². The molecule has 128 valence electrons. The quantitative estimate of drug-likeness (QED) is 0.912. The molecular weight excluding hydrogens is 334 g/mol. The lowest BCUT2D eigenvalue weighted by Gasteiger charge is -2.30. The molecule has 2 aromatic carbocycles. The fourth-order valence-electron chi connectivity index (χ4n) is 2.86. The molecule has 0 aromatic heterocycles. The van der Waals surface area contributed by atoms with Crippen molar-refractivity contribution in [3.05, 3.63) is 54.1 Å². The summed E-state index contributed by atoms with van der Waals surface area (Å²) in [6, 6.07) is 9.29. The van der Waals surface area contributed by atoms with Gasteiger partial charge in [0.25, 0.3) is 10.0 Å². The van der Waals surface area contributed by atoms with E-state index in [2.05, 4.69) is 9.62 Å². The Morgan fingerprint density at radius 3 is 2.21 bits per heavy atom. The number of anilines is 2. The first kappa shape index (κ1) is 16.7. The predicted molar refractivity (Wildman–Crippen MR) is 89.7 cm³/mol. The number of benzene rings is 2. The van der Waals surface area contributed by atoms with Crippen LogP contribution in [0.3, 0.4) is 0 Å². The van der Waals surface area contributed by atoms with E-state index >= 15 is 0 Å². The third-order valence-corrected chi connectivity index (χ3v) is 5.34. The highest BCUT2D eigenvalue weighted by atomic mass is 32.2. The third-order valence-electron chi connectivity index (χ3n) is 3.99. The Morgan fingerprint density at radius 2 is 1.54 bits per heavy atom. The topological polar surface area (TPSA) is 49.4 Å². The van der Waals surface area contributed by atoms with Crippen LogP contribution in [0.4, 0.5) is 20.2 Å². The molecule has 4 nitrogen and oxygen atoms in total. The van der Waals surface area contributed by atoms with Crippen LogP contribution in [-0.4, -0.2) is 21.5 Å². The second kappa shape index (κ2) is 6.76. The van der Waals surface area contributed by atoms with Gasteiger partial charge in [0.15, 0.2) is 0 Å². The van der Waals surface area contributed by atoms with Gasteiger partial charge in [-0.15, -0.1) is 0 Å². The molecule has 1 aliphatic heterocycles. The van der Waals surface area contributed by atoms with Crippen molar-refractivity contribution >= 4 is 21.4 Å². The summed E-state index contributed by atoms with van der Waals surface area (Å²) in [6.07, 6.45) is 3.26. The van der Waals surface area contributed by atoms with Gasteiger partial charge in [-0.1, -0.05) is 12.1 Å². The average Bonchev–Trinajstić information content (AvgIpc) is 2.55. The fourth-order valence-corrected chi connectivity index (χ4v) is 3.97. The molecule has 0 aliphatic carbocycles. The summed E-state index contributed by atoms with van der Waals surface area (Å²) in [6.45, 7) is 1.71. The van der Waals surface area contributed by atoms with E-state index in [4.69, 9.17) is 0 Å². The Morgan fingerprint density at radius 1 is 0.917 bits per heavy atom. The van der Waals surface area contributed by atoms with Gasteiger partial charge in [0, 0.05) is 19.2 Å². The van der Waals surface area contributed by atoms with Gasteiger partial charge in [-0.25, -0.2) is 17.2 Å². The molecule has 1 N–H and O–H groups in total. The number of sulfonamides is 1. The predicted octanol–water partition coefficient (Wildman–Crippen LogP) is 3.76. The smallest absolute Gasteiger partial charge is 0.262 e. The molecule has 24 heavy (non-hydrogen) atoms. The van der Waals surface area contributed by atoms with Crippen molar-refractivity contribution in [2.24, 2.45) is 0 Å². The Balaban J connectivity index is 1.92. The molecule has 1 saturated heterocycles. The highest BCUT2D eigenvalue weighted by Crippen LogP contribution is 2.30. The Labute approximate surface area is 140 Å². The Bertz CT molecular complexity index is 814. The Hall–Kier alpha value is -2.15. The number of halogens is 2. The van der Waals surface area contributed by atoms with Gasteiger partial charge in [-0.3, -0.25) is 4.72 Å². The second-order valence-corrected chi connectivity index (χ2v) is 7.46. The summed E-state index contributed by atoms with van der Waals surface area (Å²) < 4.78 is 54.1. The molecule has 0 spiro atoms. The van der Waals surface area contributed by atoms with Crippen LogP contribution in [0.1, 0.15) is 19.3 Å². The zero-order valence-corrected chi connectivity index (χ0v) is 13.8. The van der Waals surface area contributed by atoms with Crippen LogP contribution < -0.4 is 9.62 Å². The summed E-state index contributed by atoms with van der Waals surface area (Å²) >= 11 is 0. The normalized spacial score (nSPS) is 15.3. The minimum Gasteiger partial charge on any atom is -0.370 e. The molecule has 3 rings (SSSR count). The monoisotopic (exact) mass is 352 g/mol. The lowest BCUT2D eigenvalue weighted by atomic mass is 10.1. The fraction of sp³-hybridized carbons (Fsp3) is 0.294. The number of nitrogens with one attached hydrogen (secondary N) is 1. The summed E-state index contributed by atoms with van der Waals surface area (Å²) in [4.78, 5) is 1.68. The van der Waals surface area contributed by atoms with Gasteiger partial charge in [0.05, 0.1) is 16.3 Å². The summed E-state index contributed by atoms with van der Waals surface area (Å²) in [5.41, 5.74) is 1.18. The maximum atomic E-state index is 13.3. The molecule has 0 atom stereocenters. The van der Waals surface area contributed by atoms with E-state index < -0.39 is 26.6 Å². The highest BCUT2D eigenvalue weighted by molar-refractivity contribution is 7.92. The van der Waals surface area contributed by atoms with Gasteiger partial charge in [0.1, 0.15) is 11.6 Å². The van der Waals surface area contributed by atoms with Crippen LogP contribution in [0.25, 0.3) is 0 Å². The molecule has 0 bridgehead atoms. The van der Waals surface area contributed by atoms with Crippen molar-refractivity contribution in [2.45, 2.75) is 24.2 Å². The average molecular weight is 352 g/mol. The van der Waals surface area contributed by atoms with Crippen molar-refractivity contribution in [1.29, 1.82) is 0 Å². The number of piperidine rings is 1. The minimum absolute atomic E-state index is 0.407. The van der Waals surface area contributed by atoms with Crippen molar-refractivity contribution < 1.29 is 17.2 Å². The summed E-state index contributed by atoms with van der Waals surface area (Å²) in [5, 5.41) is 0. The van der Waals surface area contributed by atoms with Crippen molar-refractivity contribution in [3.8, 4) is 0 Å². The van der Waals surface area contributed by atoms with Crippen LogP contribution in [0, 0.1) is 11.6 Å². The Kier molecular flexibility index (Phi) is 4.71. The van der Waals surface area contributed by atoms with Crippen LogP contribution in [-0.2, 0) is 10.0 Å². The molecule has 0 saturated carbocycles. The van der Waals surface area contributed by atoms with Crippen molar-refractivity contribution in [2.75, 3.05) is 22.7 Å². The molecule has 0 radical (unpaired) electrons. The second-order valence-electron chi connectivity index (χ2n) is 5.78. The van der Waals surface area contributed by atoms with Gasteiger partial charge in [-0.05, 0) is 43.5 Å². The van der Waals surface area contributed by atoms with Crippen LogP contribution >= 0.6 is 0 Å². The van der Waals surface area contributed by atoms with E-state index in [9.17, 15) is 17.2 Å². The van der Waals surface area contributed by atoms with E-state index in [0.717, 1.165) is 50.2 Å². The molecule has 1 aliphatic rings. The molecule has 0 unspecified atom stereocenters. The molecule has 7 heteroatoms.